The normalized spacial score (nSPS) is 11.9. The molecule has 2 heteroatoms. The zero-order valence-corrected chi connectivity index (χ0v) is 11.5. The van der Waals surface area contributed by atoms with Crippen LogP contribution in [0.3, 0.4) is 0 Å². The van der Waals surface area contributed by atoms with E-state index in [2.05, 4.69) is 55.3 Å². The molecule has 0 atom stereocenters. The standard InChI is InChI=1S/C16H22N2/c1-4-17-11-9-16(2,3)15-7-5-6-13-12-18-10-8-14(13)15/h5-8,10,12,17H,4,9,11H2,1-3H3. The maximum Gasteiger partial charge on any atom is 0.0346 e. The second kappa shape index (κ2) is 5.49. The Balaban J connectivity index is 2.34. The van der Waals surface area contributed by atoms with Crippen LogP contribution < -0.4 is 5.32 Å². The molecule has 2 nitrogen and oxygen atoms in total. The SMILES string of the molecule is CCNCCC(C)(C)c1cccc2cnccc12. The van der Waals surface area contributed by atoms with E-state index in [-0.39, 0.29) is 5.41 Å². The first-order valence-corrected chi connectivity index (χ1v) is 6.69. The van der Waals surface area contributed by atoms with Gasteiger partial charge in [0.2, 0.25) is 0 Å². The summed E-state index contributed by atoms with van der Waals surface area (Å²) >= 11 is 0. The van der Waals surface area contributed by atoms with Crippen molar-refractivity contribution in [2.24, 2.45) is 0 Å². The third-order valence-corrected chi connectivity index (χ3v) is 3.59. The third kappa shape index (κ3) is 2.70. The largest absolute Gasteiger partial charge is 0.317 e. The quantitative estimate of drug-likeness (QED) is 0.812. The predicted molar refractivity (Wildman–Crippen MR) is 77.9 cm³/mol. The van der Waals surface area contributed by atoms with Crippen LogP contribution in [0.25, 0.3) is 10.8 Å². The van der Waals surface area contributed by atoms with E-state index in [1.807, 2.05) is 12.4 Å². The van der Waals surface area contributed by atoms with E-state index in [9.17, 15) is 0 Å². The molecule has 0 saturated heterocycles. The lowest BCUT2D eigenvalue weighted by molar-refractivity contribution is 0.464. The molecule has 0 saturated carbocycles. The van der Waals surface area contributed by atoms with Gasteiger partial charge in [0.15, 0.2) is 0 Å². The van der Waals surface area contributed by atoms with Crippen molar-refractivity contribution in [1.82, 2.24) is 10.3 Å². The van der Waals surface area contributed by atoms with Gasteiger partial charge in [0.05, 0.1) is 0 Å². The average Bonchev–Trinajstić information content (AvgIpc) is 2.38. The van der Waals surface area contributed by atoms with Gasteiger partial charge in [0.25, 0.3) is 0 Å². The highest BCUT2D eigenvalue weighted by molar-refractivity contribution is 5.85. The zero-order valence-electron chi connectivity index (χ0n) is 11.5. The van der Waals surface area contributed by atoms with Gasteiger partial charge in [-0.05, 0) is 41.9 Å². The summed E-state index contributed by atoms with van der Waals surface area (Å²) in [6, 6.07) is 8.63. The van der Waals surface area contributed by atoms with Gasteiger partial charge in [-0.15, -0.1) is 0 Å². The maximum absolute atomic E-state index is 4.20. The molecular formula is C16H22N2. The van der Waals surface area contributed by atoms with Crippen LogP contribution in [0.1, 0.15) is 32.8 Å². The number of benzene rings is 1. The molecule has 2 rings (SSSR count). The van der Waals surface area contributed by atoms with Crippen LogP contribution in [0.15, 0.2) is 36.7 Å². The number of pyridine rings is 1. The number of fused-ring (bicyclic) bond motifs is 1. The Labute approximate surface area is 109 Å². The van der Waals surface area contributed by atoms with Crippen molar-refractivity contribution in [1.29, 1.82) is 0 Å². The molecule has 0 radical (unpaired) electrons. The third-order valence-electron chi connectivity index (χ3n) is 3.59. The number of nitrogens with one attached hydrogen (secondary N) is 1. The van der Waals surface area contributed by atoms with Crippen molar-refractivity contribution in [2.45, 2.75) is 32.6 Å². The first-order chi connectivity index (χ1) is 8.65. The van der Waals surface area contributed by atoms with Crippen molar-refractivity contribution in [2.75, 3.05) is 13.1 Å². The smallest absolute Gasteiger partial charge is 0.0346 e. The predicted octanol–water partition coefficient (Wildman–Crippen LogP) is 3.51. The lowest BCUT2D eigenvalue weighted by Gasteiger charge is -2.27. The Bertz CT molecular complexity index is 512. The molecule has 1 aromatic heterocycles. The van der Waals surface area contributed by atoms with E-state index in [1.54, 1.807) is 0 Å². The van der Waals surface area contributed by atoms with Gasteiger partial charge in [-0.2, -0.15) is 0 Å². The molecule has 0 spiro atoms. The summed E-state index contributed by atoms with van der Waals surface area (Å²) < 4.78 is 0. The Morgan fingerprint density at radius 1 is 1.22 bits per heavy atom. The van der Waals surface area contributed by atoms with Crippen LogP contribution in [0.2, 0.25) is 0 Å². The van der Waals surface area contributed by atoms with Crippen LogP contribution in [0, 0.1) is 0 Å². The Hall–Kier alpha value is -1.41. The van der Waals surface area contributed by atoms with Crippen molar-refractivity contribution < 1.29 is 0 Å². The molecule has 96 valence electrons. The van der Waals surface area contributed by atoms with Crippen LogP contribution in [0.4, 0.5) is 0 Å². The second-order valence-corrected chi connectivity index (χ2v) is 5.39. The van der Waals surface area contributed by atoms with E-state index < -0.39 is 0 Å². The number of hydrogen-bond acceptors (Lipinski definition) is 2. The minimum Gasteiger partial charge on any atom is -0.317 e. The monoisotopic (exact) mass is 242 g/mol. The highest BCUT2D eigenvalue weighted by Gasteiger charge is 2.21. The molecule has 1 aromatic carbocycles. The van der Waals surface area contributed by atoms with Gasteiger partial charge in [-0.3, -0.25) is 4.98 Å². The average molecular weight is 242 g/mol. The summed E-state index contributed by atoms with van der Waals surface area (Å²) in [4.78, 5) is 4.20. The summed E-state index contributed by atoms with van der Waals surface area (Å²) in [5.41, 5.74) is 1.60. The van der Waals surface area contributed by atoms with E-state index in [0.717, 1.165) is 19.5 Å². The molecular weight excluding hydrogens is 220 g/mol. The second-order valence-electron chi connectivity index (χ2n) is 5.39. The Kier molecular flexibility index (Phi) is 3.97. The molecule has 0 fully saturated rings. The van der Waals surface area contributed by atoms with E-state index >= 15 is 0 Å². The van der Waals surface area contributed by atoms with Crippen molar-refractivity contribution >= 4 is 10.8 Å². The summed E-state index contributed by atoms with van der Waals surface area (Å²) in [5, 5.41) is 5.97. The van der Waals surface area contributed by atoms with Gasteiger partial charge in [-0.25, -0.2) is 0 Å². The van der Waals surface area contributed by atoms with Crippen LogP contribution >= 0.6 is 0 Å². The molecule has 1 heterocycles. The van der Waals surface area contributed by atoms with E-state index in [0.29, 0.717) is 0 Å². The number of aromatic nitrogens is 1. The summed E-state index contributed by atoms with van der Waals surface area (Å²) in [6.45, 7) is 8.89. The Morgan fingerprint density at radius 2 is 2.06 bits per heavy atom. The van der Waals surface area contributed by atoms with Crippen molar-refractivity contribution in [3.63, 3.8) is 0 Å². The minimum absolute atomic E-state index is 0.184. The molecule has 0 aliphatic rings. The van der Waals surface area contributed by atoms with Crippen molar-refractivity contribution in [3.05, 3.63) is 42.2 Å². The molecule has 0 aliphatic carbocycles. The summed E-state index contributed by atoms with van der Waals surface area (Å²) in [5.74, 6) is 0. The van der Waals surface area contributed by atoms with Crippen LogP contribution in [0.5, 0.6) is 0 Å². The van der Waals surface area contributed by atoms with Gasteiger partial charge in [0.1, 0.15) is 0 Å². The molecule has 0 unspecified atom stereocenters. The van der Waals surface area contributed by atoms with E-state index in [4.69, 9.17) is 0 Å². The first kappa shape index (κ1) is 13.0. The highest BCUT2D eigenvalue weighted by atomic mass is 14.8. The Morgan fingerprint density at radius 3 is 2.83 bits per heavy atom. The van der Waals surface area contributed by atoms with Gasteiger partial charge in [-0.1, -0.05) is 39.0 Å². The first-order valence-electron chi connectivity index (χ1n) is 6.69. The fraction of sp³-hybridized carbons (Fsp3) is 0.438. The number of hydrogen-bond donors (Lipinski definition) is 1. The van der Waals surface area contributed by atoms with Crippen LogP contribution in [-0.2, 0) is 5.41 Å². The molecule has 0 aliphatic heterocycles. The molecule has 2 aromatic rings. The molecule has 0 amide bonds. The lowest BCUT2D eigenvalue weighted by Crippen LogP contribution is -2.25. The number of rotatable bonds is 5. The minimum atomic E-state index is 0.184. The van der Waals surface area contributed by atoms with E-state index in [1.165, 1.54) is 16.3 Å². The summed E-state index contributed by atoms with van der Waals surface area (Å²) in [7, 11) is 0. The molecule has 1 N–H and O–H groups in total. The lowest BCUT2D eigenvalue weighted by atomic mass is 9.79. The van der Waals surface area contributed by atoms with Gasteiger partial charge >= 0.3 is 0 Å². The van der Waals surface area contributed by atoms with Gasteiger partial charge in [0, 0.05) is 17.8 Å². The maximum atomic E-state index is 4.20. The molecule has 0 bridgehead atoms. The van der Waals surface area contributed by atoms with Crippen LogP contribution in [-0.4, -0.2) is 18.1 Å². The molecule has 18 heavy (non-hydrogen) atoms. The zero-order chi connectivity index (χ0) is 13.0. The highest BCUT2D eigenvalue weighted by Crippen LogP contribution is 2.32. The number of nitrogens with zero attached hydrogens (tertiary/aromatic N) is 1. The fourth-order valence-electron chi connectivity index (χ4n) is 2.43. The fourth-order valence-corrected chi connectivity index (χ4v) is 2.43. The summed E-state index contributed by atoms with van der Waals surface area (Å²) in [6.07, 6.45) is 4.97. The van der Waals surface area contributed by atoms with Gasteiger partial charge < -0.3 is 5.32 Å². The van der Waals surface area contributed by atoms with Crippen molar-refractivity contribution in [3.8, 4) is 0 Å². The topological polar surface area (TPSA) is 24.9 Å².